The van der Waals surface area contributed by atoms with E-state index in [0.29, 0.717) is 10.5 Å². The summed E-state index contributed by atoms with van der Waals surface area (Å²) in [5, 5.41) is 46.3. The summed E-state index contributed by atoms with van der Waals surface area (Å²) < 4.78 is 14.7. The fourth-order valence-electron chi connectivity index (χ4n) is 12.7. The monoisotopic (exact) mass is 1680 g/mol. The van der Waals surface area contributed by atoms with Crippen molar-refractivity contribution in [1.29, 1.82) is 0 Å². The molecule has 6 aromatic heterocycles. The second-order valence-corrected chi connectivity index (χ2v) is 35.8. The number of nitrogens with one attached hydrogen (secondary N) is 2. The van der Waals surface area contributed by atoms with E-state index in [1.54, 1.807) is 35.9 Å². The Bertz CT molecular complexity index is 4550. The number of ketones is 1. The van der Waals surface area contributed by atoms with Crippen molar-refractivity contribution in [2.45, 2.75) is 90.1 Å². The summed E-state index contributed by atoms with van der Waals surface area (Å²) in [6.45, 7) is 16.5. The lowest BCUT2D eigenvalue weighted by molar-refractivity contribution is -0.244. The van der Waals surface area contributed by atoms with E-state index >= 15 is 0 Å². The van der Waals surface area contributed by atoms with Gasteiger partial charge in [0.1, 0.15) is 5.71 Å². The number of thiophene rings is 4. The van der Waals surface area contributed by atoms with Crippen molar-refractivity contribution in [1.82, 2.24) is 20.6 Å². The first-order valence-corrected chi connectivity index (χ1v) is 38.1. The second kappa shape index (κ2) is 32.3. The van der Waals surface area contributed by atoms with Gasteiger partial charge >= 0.3 is 15.4 Å². The van der Waals surface area contributed by atoms with Crippen LogP contribution in [0.3, 0.4) is 0 Å². The van der Waals surface area contributed by atoms with Crippen LogP contribution in [0.1, 0.15) is 159 Å². The van der Waals surface area contributed by atoms with Gasteiger partial charge in [-0.25, -0.2) is 5.26 Å². The molecule has 5 atom stereocenters. The predicted octanol–water partition coefficient (Wildman–Crippen LogP) is 19.5. The van der Waals surface area contributed by atoms with Gasteiger partial charge < -0.3 is 30.8 Å². The summed E-state index contributed by atoms with van der Waals surface area (Å²) in [6.07, 6.45) is 6.56. The highest BCUT2D eigenvalue weighted by Gasteiger charge is 2.50. The quantitative estimate of drug-likeness (QED) is 0.0287. The van der Waals surface area contributed by atoms with Crippen LogP contribution in [-0.2, 0) is 9.24 Å². The Labute approximate surface area is 631 Å². The van der Waals surface area contributed by atoms with Crippen molar-refractivity contribution >= 4 is 184 Å². The number of nitrogens with zero attached hydrogens (tertiary/aromatic N) is 3. The number of carbonyl (C=O) groups excluding carboxylic acids is 3. The molecule has 4 aliphatic rings. The first-order valence-electron chi connectivity index (χ1n) is 29.9. The number of rotatable bonds is 7. The van der Waals surface area contributed by atoms with Gasteiger partial charge in [-0.15, -0.1) is 45.3 Å². The third-order valence-corrected chi connectivity index (χ3v) is 24.2. The summed E-state index contributed by atoms with van der Waals surface area (Å²) in [6, 6.07) is 46.9. The van der Waals surface area contributed by atoms with Crippen LogP contribution in [0.2, 0.25) is 20.1 Å². The summed E-state index contributed by atoms with van der Waals surface area (Å²) in [5.41, 5.74) is 10.1. The minimum Gasteiger partial charge on any atom is -0.565 e. The van der Waals surface area contributed by atoms with Crippen molar-refractivity contribution in [3.63, 3.8) is 0 Å². The van der Waals surface area contributed by atoms with Gasteiger partial charge in [0.15, 0.2) is 5.78 Å². The van der Waals surface area contributed by atoms with Gasteiger partial charge in [0.05, 0.1) is 30.9 Å². The summed E-state index contributed by atoms with van der Waals surface area (Å²) >= 11 is 40.6. The maximum Gasteiger partial charge on any atom is 0.521 e. The van der Waals surface area contributed by atoms with E-state index in [4.69, 9.17) is 71.2 Å². The lowest BCUT2D eigenvalue weighted by Gasteiger charge is -2.39. The number of amides is 2. The molecule has 0 spiro atoms. The molecule has 4 aromatic carbocycles. The van der Waals surface area contributed by atoms with Gasteiger partial charge in [-0.05, 0) is 233 Å². The SMILES string of the molecule is CC1(C)C(=NO)c2sc(Br)cc2C1c1ccc(Cl)cc1.CC1(C)C(=O)c2sc(Br)cc2C1c1ccc(Cl)cc1.CC1(C)NC(=O)c2sc(-c3ccncc3)cc2C1c1ccc(Cl)cc1.CC1(C)NC(=O)c2sc(Br)cc2C1c1ccc(Cl)cc1.O=[P+]([O-])OO.OB(O)c1ccncc1.[HH]. The maximum atomic E-state index is 12.6. The molecule has 2 aliphatic carbocycles. The first kappa shape index (κ1) is 76.8. The number of hydrogen-bond donors (Lipinski definition) is 6. The number of oxime groups is 1. The van der Waals surface area contributed by atoms with Crippen LogP contribution in [0, 0.1) is 10.8 Å². The molecule has 0 radical (unpaired) electrons. The first-order chi connectivity index (χ1) is 46.3. The van der Waals surface area contributed by atoms with Crippen molar-refractivity contribution in [3.05, 3.63) is 266 Å². The normalized spacial score (nSPS) is 18.8. The molecule has 0 fully saturated rings. The van der Waals surface area contributed by atoms with E-state index in [1.165, 1.54) is 57.5 Å². The fourth-order valence-corrected chi connectivity index (χ4v) is 19.5. The van der Waals surface area contributed by atoms with Crippen LogP contribution in [0.25, 0.3) is 10.4 Å². The van der Waals surface area contributed by atoms with E-state index in [1.807, 2.05) is 123 Å². The van der Waals surface area contributed by atoms with E-state index in [9.17, 15) is 19.6 Å². The molecule has 10 aromatic rings. The molecule has 15 nitrogen and oxygen atoms in total. The molecule has 2 amide bonds. The van der Waals surface area contributed by atoms with Crippen LogP contribution >= 0.6 is 148 Å². The highest BCUT2D eigenvalue weighted by Crippen LogP contribution is 2.56. The second-order valence-electron chi connectivity index (χ2n) is 25.1. The molecule has 28 heteroatoms. The van der Waals surface area contributed by atoms with Crippen LogP contribution in [0.5, 0.6) is 0 Å². The average molecular weight is 1690 g/mol. The number of halogens is 7. The van der Waals surface area contributed by atoms with E-state index in [0.717, 1.165) is 95.5 Å². The molecule has 0 saturated heterocycles. The Morgan fingerprint density at radius 2 is 0.847 bits per heavy atom. The van der Waals surface area contributed by atoms with Crippen molar-refractivity contribution < 1.29 is 50.5 Å². The van der Waals surface area contributed by atoms with Gasteiger partial charge in [0, 0.05) is 101 Å². The van der Waals surface area contributed by atoms with Crippen LogP contribution in [0.4, 0.5) is 0 Å². The number of aromatic nitrogens is 2. The molecule has 510 valence electrons. The molecule has 0 bridgehead atoms. The molecule has 5 unspecified atom stereocenters. The third-order valence-electron chi connectivity index (χ3n) is 16.9. The molecular formula is C70H64BBr3Cl4N5O10PS4. The lowest BCUT2D eigenvalue weighted by Crippen LogP contribution is -2.51. The molecular weight excluding hydrogens is 1620 g/mol. The molecule has 14 rings (SSSR count). The van der Waals surface area contributed by atoms with Crippen LogP contribution in [-0.4, -0.2) is 72.0 Å². The topological polar surface area (TPSA) is 244 Å². The van der Waals surface area contributed by atoms with Gasteiger partial charge in [0.2, 0.25) is 0 Å². The highest BCUT2D eigenvalue weighted by atomic mass is 79.9. The van der Waals surface area contributed by atoms with Gasteiger partial charge in [-0.2, -0.15) is 0 Å². The Kier molecular flexibility index (Phi) is 25.3. The predicted molar refractivity (Wildman–Crippen MR) is 408 cm³/mol. The number of pyridine rings is 2. The third kappa shape index (κ3) is 17.4. The maximum absolute atomic E-state index is 12.6. The van der Waals surface area contributed by atoms with Gasteiger partial charge in [-0.3, -0.25) is 24.4 Å². The van der Waals surface area contributed by atoms with Gasteiger partial charge in [0.25, 0.3) is 11.8 Å². The minimum absolute atomic E-state index is 0. The minimum atomic E-state index is -3.04. The number of fused-ring (bicyclic) bond motifs is 4. The van der Waals surface area contributed by atoms with Crippen molar-refractivity contribution in [2.75, 3.05) is 0 Å². The number of benzene rings is 4. The van der Waals surface area contributed by atoms with Gasteiger partial charge in [-0.1, -0.05) is 128 Å². The van der Waals surface area contributed by atoms with Crippen molar-refractivity contribution in [2.24, 2.45) is 16.0 Å². The average Bonchev–Trinajstić information content (AvgIpc) is 1.62. The van der Waals surface area contributed by atoms with E-state index < -0.39 is 20.8 Å². The molecule has 6 N–H and O–H groups in total. The van der Waals surface area contributed by atoms with Crippen molar-refractivity contribution in [3.8, 4) is 10.4 Å². The summed E-state index contributed by atoms with van der Waals surface area (Å²) in [5.74, 6) is 0.705. The fraction of sp³-hybridized carbons (Fsp3) is 0.229. The Morgan fingerprint density at radius 3 is 1.22 bits per heavy atom. The zero-order chi connectivity index (χ0) is 71.3. The standard InChI is InChI=1S/C20H17ClN2OS.2C15H13BrClNOS.C15H12BrClOS.C5H6BNO2.HO4P.H2/c1-20(2)17(13-3-5-14(21)6-4-13)15-11-16(12-7-9-22-10-8-12)25-18(15)19(24)23-20;1-15(2)12(8-3-5-9(17)6-4-8)10-7-11(16)20-13(10)14(19)18-15;1-15(2)12(8-3-5-9(17)6-4-8)10-7-11(16)20-13(10)14(15)18-19;1-15(2)12(8-3-5-9(17)6-4-8)10-7-11(16)19-13(10)14(15)18;8-6(9)5-1-3-7-4-2-5;1-4-5(2)3;/h3-11,17H,1-2H3,(H,23,24);3-7,12H,1-2H3,(H,18,19);3-7,12,19H,1-2H3;3-7,12H,1-2H3;1-4,8-9H;1H;1H. The zero-order valence-corrected chi connectivity index (χ0v) is 65.3. The number of carbonyl (C=O) groups is 3. The number of hydrogen-bond acceptors (Lipinski definition) is 17. The van der Waals surface area contributed by atoms with Crippen LogP contribution < -0.4 is 21.0 Å². The highest BCUT2D eigenvalue weighted by molar-refractivity contribution is 9.11. The summed E-state index contributed by atoms with van der Waals surface area (Å²) in [4.78, 5) is 58.7. The smallest absolute Gasteiger partial charge is 0.521 e. The zero-order valence-electron chi connectivity index (χ0n) is 53.4. The number of Topliss-reactive ketones (excluding diaryl/α,β-unsaturated/α-hetero) is 1. The Morgan fingerprint density at radius 1 is 0.520 bits per heavy atom. The molecule has 0 saturated carbocycles. The Balaban J connectivity index is 0.000000158. The van der Waals surface area contributed by atoms with E-state index in [2.05, 4.69) is 144 Å². The molecule has 8 heterocycles. The van der Waals surface area contributed by atoms with E-state index in [-0.39, 0.29) is 59.2 Å². The Hall–Kier alpha value is -5.38. The molecule has 2 aliphatic heterocycles. The summed E-state index contributed by atoms with van der Waals surface area (Å²) in [7, 11) is -4.42. The largest absolute Gasteiger partial charge is 0.565 e. The lowest BCUT2D eigenvalue weighted by atomic mass is 9.75. The van der Waals surface area contributed by atoms with Crippen LogP contribution in [0.15, 0.2) is 187 Å². The molecule has 98 heavy (non-hydrogen) atoms.